The molecule has 0 unspecified atom stereocenters. The van der Waals surface area contributed by atoms with Crippen LogP contribution >= 0.6 is 0 Å². The lowest BCUT2D eigenvalue weighted by atomic mass is 10.1. The average Bonchev–Trinajstić information content (AvgIpc) is 3.12. The van der Waals surface area contributed by atoms with E-state index in [4.69, 9.17) is 4.18 Å². The van der Waals surface area contributed by atoms with Gasteiger partial charge in [-0.25, -0.2) is 8.42 Å². The van der Waals surface area contributed by atoms with Gasteiger partial charge in [0.05, 0.1) is 28.2 Å². The third-order valence-electron chi connectivity index (χ3n) is 6.28. The summed E-state index contributed by atoms with van der Waals surface area (Å²) in [6.07, 6.45) is -0.359. The maximum atomic E-state index is 12.6. The molecule has 0 atom stereocenters. The van der Waals surface area contributed by atoms with Crippen molar-refractivity contribution in [2.45, 2.75) is 6.10 Å². The van der Waals surface area contributed by atoms with Crippen molar-refractivity contribution >= 4 is 44.1 Å². The van der Waals surface area contributed by atoms with Gasteiger partial charge in [0.15, 0.2) is 6.29 Å². The van der Waals surface area contributed by atoms with Gasteiger partial charge in [-0.3, -0.25) is 28.3 Å². The Morgan fingerprint density at radius 2 is 1.55 bits per heavy atom. The van der Waals surface area contributed by atoms with Crippen LogP contribution in [0.15, 0.2) is 48.5 Å². The van der Waals surface area contributed by atoms with E-state index >= 15 is 0 Å². The lowest BCUT2D eigenvalue weighted by Crippen LogP contribution is -2.56. The molecule has 1 fully saturated rings. The molecular weight excluding hydrogens is 538 g/mol. The Balaban J connectivity index is 1.24. The molecule has 202 valence electrons. The first-order chi connectivity index (χ1) is 17.9. The van der Waals surface area contributed by atoms with Crippen LogP contribution < -0.4 is 0 Å². The van der Waals surface area contributed by atoms with Crippen molar-refractivity contribution in [1.29, 1.82) is 0 Å². The molecule has 2 heterocycles. The maximum Gasteiger partial charge on any atom is 0.269 e. The largest absolute Gasteiger partial charge is 0.341 e. The van der Waals surface area contributed by atoms with Gasteiger partial charge in [-0.15, -0.1) is 0 Å². The summed E-state index contributed by atoms with van der Waals surface area (Å²) < 4.78 is 56.2. The van der Waals surface area contributed by atoms with Crippen molar-refractivity contribution in [2.75, 3.05) is 44.7 Å². The summed E-state index contributed by atoms with van der Waals surface area (Å²) in [6, 6.07) is 12.3. The van der Waals surface area contributed by atoms with Crippen molar-refractivity contribution in [1.82, 2.24) is 14.1 Å². The predicted molar refractivity (Wildman–Crippen MR) is 135 cm³/mol. The summed E-state index contributed by atoms with van der Waals surface area (Å²) in [5.74, 6) is -2.70. The molecule has 2 aromatic rings. The third kappa shape index (κ3) is 5.67. The van der Waals surface area contributed by atoms with Gasteiger partial charge in [0.1, 0.15) is 6.10 Å². The number of fused-ring (bicyclic) bond motifs is 1. The van der Waals surface area contributed by atoms with Gasteiger partial charge >= 0.3 is 0 Å². The number of hydrogen-bond acceptors (Lipinski definition) is 9. The number of benzene rings is 2. The van der Waals surface area contributed by atoms with E-state index in [1.165, 1.54) is 36.2 Å². The first kappa shape index (κ1) is 27.6. The van der Waals surface area contributed by atoms with Gasteiger partial charge in [0.25, 0.3) is 27.8 Å². The smallest absolute Gasteiger partial charge is 0.269 e. The normalized spacial score (nSPS) is 16.3. The minimum Gasteiger partial charge on any atom is -0.341 e. The van der Waals surface area contributed by atoms with E-state index in [-0.39, 0.29) is 41.9 Å². The minimum atomic E-state index is -4.16. The van der Waals surface area contributed by atoms with Crippen LogP contribution in [0, 0.1) is 0 Å². The molecule has 0 aromatic heterocycles. The lowest BCUT2D eigenvalue weighted by molar-refractivity contribution is 0.0655. The molecule has 1 saturated heterocycles. The fraction of sp³-hybridized carbons (Fsp3) is 0.333. The summed E-state index contributed by atoms with van der Waals surface area (Å²) in [5, 5.41) is 0. The van der Waals surface area contributed by atoms with Crippen LogP contribution in [0.25, 0.3) is 0 Å². The quantitative estimate of drug-likeness (QED) is 0.212. The summed E-state index contributed by atoms with van der Waals surface area (Å²) >= 11 is 0. The van der Waals surface area contributed by atoms with Crippen LogP contribution in [0.4, 0.5) is 0 Å². The Morgan fingerprint density at radius 3 is 2.16 bits per heavy atom. The number of hydrogen-bond donors (Lipinski definition) is 0. The van der Waals surface area contributed by atoms with Crippen molar-refractivity contribution in [3.05, 3.63) is 70.8 Å². The van der Waals surface area contributed by atoms with E-state index in [9.17, 15) is 36.0 Å². The van der Waals surface area contributed by atoms with Gasteiger partial charge in [-0.2, -0.15) is 12.7 Å². The molecule has 0 radical (unpaired) electrons. The standard InChI is InChI=1S/C24H25N3O9S2/c1-25(22(29)19-7-3-2-6-17(19)16-28)10-12-37(32,33)26-14-18(15-26)36-38(34,35)13-11-27-23(30)20-8-4-5-9-21(20)24(27)31/h2-9,16,18H,10-15H2,1H3. The second kappa shape index (κ2) is 10.7. The number of carbonyl (C=O) groups excluding carboxylic acids is 4. The highest BCUT2D eigenvalue weighted by atomic mass is 32.2. The van der Waals surface area contributed by atoms with Crippen LogP contribution in [0.1, 0.15) is 41.4 Å². The first-order valence-corrected chi connectivity index (χ1v) is 14.8. The van der Waals surface area contributed by atoms with Crippen LogP contribution in [0.3, 0.4) is 0 Å². The number of aldehydes is 1. The van der Waals surface area contributed by atoms with Crippen LogP contribution in [0.5, 0.6) is 0 Å². The highest BCUT2D eigenvalue weighted by Gasteiger charge is 2.40. The minimum absolute atomic E-state index is 0.144. The van der Waals surface area contributed by atoms with Crippen LogP contribution in [-0.4, -0.2) is 106 Å². The van der Waals surface area contributed by atoms with Gasteiger partial charge in [0, 0.05) is 38.8 Å². The molecule has 14 heteroatoms. The molecule has 0 bridgehead atoms. The zero-order valence-corrected chi connectivity index (χ0v) is 22.0. The molecule has 2 aliphatic rings. The summed E-state index contributed by atoms with van der Waals surface area (Å²) in [5.41, 5.74) is 0.761. The zero-order chi connectivity index (χ0) is 27.7. The SMILES string of the molecule is CN(CCS(=O)(=O)N1CC(OS(=O)(=O)CCN2C(=O)c3ccccc3C2=O)C1)C(=O)c1ccccc1C=O. The Labute approximate surface area is 219 Å². The Bertz CT molecular complexity index is 1460. The fourth-order valence-corrected chi connectivity index (χ4v) is 6.66. The number of carbonyl (C=O) groups is 4. The number of imide groups is 1. The zero-order valence-electron chi connectivity index (χ0n) is 20.3. The van der Waals surface area contributed by atoms with Gasteiger partial charge in [-0.05, 0) is 18.2 Å². The molecule has 2 aromatic carbocycles. The number of amides is 3. The molecule has 4 rings (SSSR count). The Hall–Kier alpha value is -3.46. The summed E-state index contributed by atoms with van der Waals surface area (Å²) in [6.45, 7) is -0.924. The van der Waals surface area contributed by atoms with Crippen molar-refractivity contribution in [3.63, 3.8) is 0 Å². The topological polar surface area (TPSA) is 156 Å². The van der Waals surface area contributed by atoms with E-state index in [1.54, 1.807) is 24.3 Å². The molecule has 0 aliphatic carbocycles. The number of nitrogens with zero attached hydrogens (tertiary/aromatic N) is 3. The molecule has 0 saturated carbocycles. The average molecular weight is 564 g/mol. The highest BCUT2D eigenvalue weighted by Crippen LogP contribution is 2.23. The van der Waals surface area contributed by atoms with E-state index in [0.717, 1.165) is 9.21 Å². The van der Waals surface area contributed by atoms with Crippen LogP contribution in [-0.2, 0) is 24.3 Å². The Morgan fingerprint density at radius 1 is 0.974 bits per heavy atom. The maximum absolute atomic E-state index is 12.6. The van der Waals surface area contributed by atoms with Gasteiger partial charge in [-0.1, -0.05) is 30.3 Å². The van der Waals surface area contributed by atoms with Crippen LogP contribution in [0.2, 0.25) is 0 Å². The molecule has 2 aliphatic heterocycles. The predicted octanol–water partition coefficient (Wildman–Crippen LogP) is 0.228. The molecular formula is C24H25N3O9S2. The van der Waals surface area contributed by atoms with E-state index in [1.807, 2.05) is 0 Å². The monoisotopic (exact) mass is 563 g/mol. The summed E-state index contributed by atoms with van der Waals surface area (Å²) in [7, 11) is -6.55. The molecule has 3 amide bonds. The number of rotatable bonds is 11. The van der Waals surface area contributed by atoms with E-state index in [2.05, 4.69) is 0 Å². The van der Waals surface area contributed by atoms with Crippen molar-refractivity contribution < 1.29 is 40.2 Å². The van der Waals surface area contributed by atoms with Crippen molar-refractivity contribution in [2.24, 2.45) is 0 Å². The Kier molecular flexibility index (Phi) is 7.78. The molecule has 0 spiro atoms. The lowest BCUT2D eigenvalue weighted by Gasteiger charge is -2.37. The third-order valence-corrected chi connectivity index (χ3v) is 9.31. The van der Waals surface area contributed by atoms with E-state index < -0.39 is 62.0 Å². The summed E-state index contributed by atoms with van der Waals surface area (Å²) in [4.78, 5) is 50.6. The molecule has 38 heavy (non-hydrogen) atoms. The highest BCUT2D eigenvalue weighted by molar-refractivity contribution is 7.89. The molecule has 0 N–H and O–H groups in total. The fourth-order valence-electron chi connectivity index (χ4n) is 4.07. The molecule has 12 nitrogen and oxygen atoms in total. The second-order valence-electron chi connectivity index (χ2n) is 8.85. The van der Waals surface area contributed by atoms with Gasteiger partial charge < -0.3 is 4.90 Å². The van der Waals surface area contributed by atoms with Gasteiger partial charge in [0.2, 0.25) is 10.0 Å². The van der Waals surface area contributed by atoms with E-state index in [0.29, 0.717) is 6.29 Å². The number of sulfonamides is 1. The van der Waals surface area contributed by atoms with Crippen molar-refractivity contribution in [3.8, 4) is 0 Å². The first-order valence-electron chi connectivity index (χ1n) is 11.6. The second-order valence-corrected chi connectivity index (χ2v) is 12.7.